The predicted octanol–water partition coefficient (Wildman–Crippen LogP) is 1.80. The van der Waals surface area contributed by atoms with Crippen LogP contribution in [0.3, 0.4) is 0 Å². The minimum atomic E-state index is 0.0954. The fraction of sp³-hybridized carbons (Fsp3) is 0.667. The Hall–Kier alpha value is -1.79. The van der Waals surface area contributed by atoms with Crippen LogP contribution in [0.2, 0.25) is 0 Å². The SMILES string of the molecule is COc1ccc(CC(=O)N2CC(CO)C(CN3CCCCC3)C2)c(OC)c1. The number of benzene rings is 1. The lowest BCUT2D eigenvalue weighted by molar-refractivity contribution is -0.129. The number of carbonyl (C=O) groups is 1. The molecule has 1 amide bonds. The maximum absolute atomic E-state index is 12.9. The molecule has 0 bridgehead atoms. The molecule has 0 aliphatic carbocycles. The van der Waals surface area contributed by atoms with Crippen LogP contribution in [0, 0.1) is 11.8 Å². The molecule has 2 heterocycles. The van der Waals surface area contributed by atoms with Crippen molar-refractivity contribution >= 4 is 5.91 Å². The standard InChI is InChI=1S/C21H32N2O4/c1-26-19-7-6-16(20(11-19)27-2)10-21(25)23-13-17(18(14-23)15-24)12-22-8-4-3-5-9-22/h6-7,11,17-18,24H,3-5,8-10,12-15H2,1-2H3. The van der Waals surface area contributed by atoms with Gasteiger partial charge in [-0.15, -0.1) is 0 Å². The highest BCUT2D eigenvalue weighted by atomic mass is 16.5. The number of methoxy groups -OCH3 is 2. The van der Waals surface area contributed by atoms with Crippen LogP contribution in [-0.4, -0.2) is 74.4 Å². The quantitative estimate of drug-likeness (QED) is 0.786. The third-order valence-corrected chi connectivity index (χ3v) is 5.94. The van der Waals surface area contributed by atoms with Gasteiger partial charge in [0.25, 0.3) is 0 Å². The maximum atomic E-state index is 12.9. The summed E-state index contributed by atoms with van der Waals surface area (Å²) < 4.78 is 10.6. The topological polar surface area (TPSA) is 62.2 Å². The van der Waals surface area contributed by atoms with Crippen molar-refractivity contribution in [1.82, 2.24) is 9.80 Å². The number of aliphatic hydroxyl groups is 1. The van der Waals surface area contributed by atoms with E-state index in [1.807, 2.05) is 23.1 Å². The molecule has 0 spiro atoms. The summed E-state index contributed by atoms with van der Waals surface area (Å²) in [7, 11) is 3.22. The summed E-state index contributed by atoms with van der Waals surface area (Å²) in [4.78, 5) is 17.3. The van der Waals surface area contributed by atoms with Gasteiger partial charge in [-0.1, -0.05) is 12.5 Å². The van der Waals surface area contributed by atoms with Gasteiger partial charge >= 0.3 is 0 Å². The first-order valence-corrected chi connectivity index (χ1v) is 9.96. The Kier molecular flexibility index (Phi) is 6.96. The molecule has 150 valence electrons. The van der Waals surface area contributed by atoms with Crippen molar-refractivity contribution < 1.29 is 19.4 Å². The van der Waals surface area contributed by atoms with E-state index in [2.05, 4.69) is 4.90 Å². The van der Waals surface area contributed by atoms with Gasteiger partial charge in [-0.2, -0.15) is 0 Å². The van der Waals surface area contributed by atoms with E-state index in [1.54, 1.807) is 14.2 Å². The Labute approximate surface area is 162 Å². The van der Waals surface area contributed by atoms with E-state index >= 15 is 0 Å². The smallest absolute Gasteiger partial charge is 0.227 e. The van der Waals surface area contributed by atoms with E-state index < -0.39 is 0 Å². The number of rotatable bonds is 7. The molecule has 2 atom stereocenters. The van der Waals surface area contributed by atoms with Crippen LogP contribution in [0.25, 0.3) is 0 Å². The van der Waals surface area contributed by atoms with E-state index in [0.29, 0.717) is 30.4 Å². The van der Waals surface area contributed by atoms with Crippen LogP contribution < -0.4 is 9.47 Å². The van der Waals surface area contributed by atoms with Gasteiger partial charge in [-0.05, 0) is 37.9 Å². The maximum Gasteiger partial charge on any atom is 0.227 e. The van der Waals surface area contributed by atoms with E-state index in [1.165, 1.54) is 19.3 Å². The number of nitrogens with zero attached hydrogens (tertiary/aromatic N) is 2. The average Bonchev–Trinajstić information content (AvgIpc) is 3.12. The third-order valence-electron chi connectivity index (χ3n) is 5.94. The number of aliphatic hydroxyl groups excluding tert-OH is 1. The molecule has 0 aromatic heterocycles. The largest absolute Gasteiger partial charge is 0.497 e. The third kappa shape index (κ3) is 4.93. The lowest BCUT2D eigenvalue weighted by Gasteiger charge is -2.30. The number of ether oxygens (including phenoxy) is 2. The van der Waals surface area contributed by atoms with Crippen molar-refractivity contribution in [2.24, 2.45) is 11.8 Å². The van der Waals surface area contributed by atoms with Gasteiger partial charge in [0.05, 0.1) is 20.6 Å². The van der Waals surface area contributed by atoms with Gasteiger partial charge in [0.2, 0.25) is 5.91 Å². The molecule has 6 heteroatoms. The van der Waals surface area contributed by atoms with Crippen LogP contribution in [0.4, 0.5) is 0 Å². The highest BCUT2D eigenvalue weighted by molar-refractivity contribution is 5.80. The van der Waals surface area contributed by atoms with Crippen molar-refractivity contribution in [3.05, 3.63) is 23.8 Å². The van der Waals surface area contributed by atoms with Crippen molar-refractivity contribution in [2.75, 3.05) is 53.6 Å². The second-order valence-corrected chi connectivity index (χ2v) is 7.72. The molecule has 1 aromatic rings. The molecule has 1 N–H and O–H groups in total. The summed E-state index contributed by atoms with van der Waals surface area (Å²) >= 11 is 0. The van der Waals surface area contributed by atoms with Crippen LogP contribution in [0.1, 0.15) is 24.8 Å². The summed E-state index contributed by atoms with van der Waals surface area (Å²) in [5.74, 6) is 2.01. The van der Waals surface area contributed by atoms with Crippen molar-refractivity contribution in [1.29, 1.82) is 0 Å². The number of piperidine rings is 1. The summed E-state index contributed by atoms with van der Waals surface area (Å²) in [6.07, 6.45) is 4.15. The van der Waals surface area contributed by atoms with Gasteiger partial charge in [-0.3, -0.25) is 4.79 Å². The highest BCUT2D eigenvalue weighted by Gasteiger charge is 2.36. The van der Waals surface area contributed by atoms with Gasteiger partial charge in [0, 0.05) is 43.8 Å². The fourth-order valence-electron chi connectivity index (χ4n) is 4.30. The molecule has 6 nitrogen and oxygen atoms in total. The first-order chi connectivity index (χ1) is 13.1. The van der Waals surface area contributed by atoms with Gasteiger partial charge in [0.1, 0.15) is 11.5 Å². The zero-order valence-corrected chi connectivity index (χ0v) is 16.5. The summed E-state index contributed by atoms with van der Waals surface area (Å²) in [6.45, 7) is 4.80. The van der Waals surface area contributed by atoms with Crippen molar-refractivity contribution in [3.8, 4) is 11.5 Å². The average molecular weight is 376 g/mol. The Morgan fingerprint density at radius 3 is 2.52 bits per heavy atom. The molecule has 2 saturated heterocycles. The minimum absolute atomic E-state index is 0.0954. The van der Waals surface area contributed by atoms with Crippen molar-refractivity contribution in [3.63, 3.8) is 0 Å². The Morgan fingerprint density at radius 1 is 1.11 bits per heavy atom. The lowest BCUT2D eigenvalue weighted by Crippen LogP contribution is -2.37. The summed E-state index contributed by atoms with van der Waals surface area (Å²) in [5.41, 5.74) is 0.864. The highest BCUT2D eigenvalue weighted by Crippen LogP contribution is 2.28. The summed E-state index contributed by atoms with van der Waals surface area (Å²) in [6, 6.07) is 5.55. The van der Waals surface area contributed by atoms with E-state index in [4.69, 9.17) is 9.47 Å². The second kappa shape index (κ2) is 9.42. The zero-order chi connectivity index (χ0) is 19.2. The summed E-state index contributed by atoms with van der Waals surface area (Å²) in [5, 5.41) is 9.80. The van der Waals surface area contributed by atoms with Crippen LogP contribution in [0.5, 0.6) is 11.5 Å². The Bertz CT molecular complexity index is 631. The number of hydrogen-bond acceptors (Lipinski definition) is 5. The molecular weight excluding hydrogens is 344 g/mol. The molecule has 0 saturated carbocycles. The van der Waals surface area contributed by atoms with Crippen LogP contribution in [-0.2, 0) is 11.2 Å². The van der Waals surface area contributed by atoms with E-state index in [-0.39, 0.29) is 18.4 Å². The molecule has 27 heavy (non-hydrogen) atoms. The van der Waals surface area contributed by atoms with E-state index in [0.717, 1.165) is 31.7 Å². The predicted molar refractivity (Wildman–Crippen MR) is 104 cm³/mol. The molecule has 0 radical (unpaired) electrons. The van der Waals surface area contributed by atoms with E-state index in [9.17, 15) is 9.90 Å². The normalized spacial score (nSPS) is 23.4. The first-order valence-electron chi connectivity index (χ1n) is 9.96. The molecule has 3 rings (SSSR count). The van der Waals surface area contributed by atoms with Gasteiger partial charge in [-0.25, -0.2) is 0 Å². The van der Waals surface area contributed by atoms with Gasteiger partial charge < -0.3 is 24.4 Å². The monoisotopic (exact) mass is 376 g/mol. The van der Waals surface area contributed by atoms with Crippen LogP contribution in [0.15, 0.2) is 18.2 Å². The zero-order valence-electron chi connectivity index (χ0n) is 16.5. The fourth-order valence-corrected chi connectivity index (χ4v) is 4.30. The molecule has 2 unspecified atom stereocenters. The molecule has 2 aliphatic heterocycles. The number of hydrogen-bond donors (Lipinski definition) is 1. The minimum Gasteiger partial charge on any atom is -0.497 e. The van der Waals surface area contributed by atoms with Crippen molar-refractivity contribution in [2.45, 2.75) is 25.7 Å². The van der Waals surface area contributed by atoms with Gasteiger partial charge in [0.15, 0.2) is 0 Å². The number of amides is 1. The van der Waals surface area contributed by atoms with Crippen LogP contribution >= 0.6 is 0 Å². The molecule has 1 aromatic carbocycles. The second-order valence-electron chi connectivity index (χ2n) is 7.72. The number of likely N-dealkylation sites (tertiary alicyclic amines) is 2. The molecule has 2 fully saturated rings. The Balaban J connectivity index is 1.61. The lowest BCUT2D eigenvalue weighted by atomic mass is 9.95. The first kappa shape index (κ1) is 20.0. The molecule has 2 aliphatic rings. The number of carbonyl (C=O) groups excluding carboxylic acids is 1. The Morgan fingerprint density at radius 2 is 1.85 bits per heavy atom. The molecular formula is C21H32N2O4.